The number of nitrogens with one attached hydrogen (secondary N) is 2. The molecular weight excluding hydrogens is 708 g/mol. The van der Waals surface area contributed by atoms with Gasteiger partial charge in [-0.05, 0) is 39.1 Å². The van der Waals surface area contributed by atoms with Gasteiger partial charge in [0.25, 0.3) is 0 Å². The summed E-state index contributed by atoms with van der Waals surface area (Å²) in [5, 5.41) is 33.9. The molecule has 16 nitrogen and oxygen atoms in total. The number of aromatic amines is 1. The Morgan fingerprint density at radius 2 is 1.66 bits per heavy atom. The van der Waals surface area contributed by atoms with Gasteiger partial charge in [0.05, 0.1) is 30.9 Å². The van der Waals surface area contributed by atoms with Gasteiger partial charge < -0.3 is 24.1 Å². The summed E-state index contributed by atoms with van der Waals surface area (Å²) >= 11 is 6.65. The number of benzene rings is 3. The largest absolute Gasteiger partial charge is 0.462 e. The Bertz CT molecular complexity index is 1870. The number of esters is 1. The number of hydrogen-bond donors (Lipinski definition) is 4. The summed E-state index contributed by atoms with van der Waals surface area (Å²) in [5.74, 6) is 0.659. The molecule has 17 heteroatoms. The molecule has 4 N–H and O–H groups in total. The molecule has 5 rings (SSSR count). The lowest BCUT2D eigenvalue weighted by molar-refractivity contribution is -0.493. The molecule has 0 radical (unpaired) electrons. The summed E-state index contributed by atoms with van der Waals surface area (Å²) in [4.78, 5) is 35.2. The molecule has 0 saturated carbocycles. The predicted octanol–water partition coefficient (Wildman–Crippen LogP) is 5.18. The van der Waals surface area contributed by atoms with E-state index in [0.717, 1.165) is 46.5 Å². The van der Waals surface area contributed by atoms with Crippen molar-refractivity contribution in [2.24, 2.45) is 0 Å². The Kier molecular flexibility index (Phi) is 14.8. The van der Waals surface area contributed by atoms with Crippen LogP contribution in [-0.4, -0.2) is 90.5 Å². The van der Waals surface area contributed by atoms with Gasteiger partial charge in [0.1, 0.15) is 25.1 Å². The molecular formula is C36H41ClN8O8. The van der Waals surface area contributed by atoms with Crippen molar-refractivity contribution >= 4 is 23.7 Å². The van der Waals surface area contributed by atoms with E-state index in [-0.39, 0.29) is 44.6 Å². The quantitative estimate of drug-likeness (QED) is 0.0462. The van der Waals surface area contributed by atoms with Gasteiger partial charge in [-0.2, -0.15) is 0 Å². The van der Waals surface area contributed by atoms with E-state index in [0.29, 0.717) is 24.5 Å². The average Bonchev–Trinajstić information content (AvgIpc) is 3.81. The first-order valence-corrected chi connectivity index (χ1v) is 17.4. The van der Waals surface area contributed by atoms with Crippen LogP contribution in [0.3, 0.4) is 0 Å². The number of tetrazole rings is 1. The number of unbranched alkanes of at least 4 members (excludes halogenated alkanes) is 1. The van der Waals surface area contributed by atoms with E-state index in [1.165, 1.54) is 0 Å². The number of imidazole rings is 1. The number of halogens is 1. The summed E-state index contributed by atoms with van der Waals surface area (Å²) in [7, 11) is 0. The monoisotopic (exact) mass is 748 g/mol. The second kappa shape index (κ2) is 20.1. The van der Waals surface area contributed by atoms with E-state index < -0.39 is 23.5 Å². The van der Waals surface area contributed by atoms with Crippen LogP contribution in [-0.2, 0) is 49.8 Å². The second-order valence-electron chi connectivity index (χ2n) is 11.8. The van der Waals surface area contributed by atoms with Crippen molar-refractivity contribution in [3.8, 4) is 22.5 Å². The number of amides is 1. The fraction of sp³-hybridized carbons (Fsp3) is 0.333. The van der Waals surface area contributed by atoms with Crippen LogP contribution in [0.2, 0.25) is 5.15 Å². The normalized spacial score (nSPS) is 11.8. The van der Waals surface area contributed by atoms with E-state index in [9.17, 15) is 9.59 Å². The van der Waals surface area contributed by atoms with Gasteiger partial charge in [-0.15, -0.1) is 5.10 Å². The molecule has 0 aliphatic carbocycles. The van der Waals surface area contributed by atoms with Crippen LogP contribution >= 0.6 is 11.6 Å². The molecule has 280 valence electrons. The Hall–Kier alpha value is -5.23. The third-order valence-electron chi connectivity index (χ3n) is 8.10. The van der Waals surface area contributed by atoms with Crippen LogP contribution < -0.4 is 5.32 Å². The molecule has 0 aliphatic rings. The lowest BCUT2D eigenvalue weighted by atomic mass is 9.98. The summed E-state index contributed by atoms with van der Waals surface area (Å²) in [6.07, 6.45) is 1.85. The van der Waals surface area contributed by atoms with Gasteiger partial charge in [-0.1, -0.05) is 104 Å². The third kappa shape index (κ3) is 11.6. The molecule has 53 heavy (non-hydrogen) atoms. The topological polar surface area (TPSA) is 199 Å². The van der Waals surface area contributed by atoms with E-state index in [1.54, 1.807) is 0 Å². The molecule has 1 amide bonds. The number of aromatic nitrogens is 6. The summed E-state index contributed by atoms with van der Waals surface area (Å²) in [6, 6.07) is 24.1. The summed E-state index contributed by atoms with van der Waals surface area (Å²) in [6.45, 7) is 2.15. The van der Waals surface area contributed by atoms with Crippen molar-refractivity contribution in [3.63, 3.8) is 0 Å². The van der Waals surface area contributed by atoms with Crippen molar-refractivity contribution in [3.05, 3.63) is 107 Å². The maximum Gasteiger partial charge on any atom is 0.408 e. The van der Waals surface area contributed by atoms with Crippen molar-refractivity contribution in [1.29, 1.82) is 0 Å². The van der Waals surface area contributed by atoms with Gasteiger partial charge in [0, 0.05) is 24.9 Å². The molecule has 3 aromatic carbocycles. The number of carbonyl (C=O) groups excluding carboxylic acids is 2. The lowest BCUT2D eigenvalue weighted by Crippen LogP contribution is -2.44. The standard InChI is InChI=1S/C36H41ClN8O8/c1-2-3-13-32-39-33(37)31(44(32)23-26-14-16-27(17-15-26)28-11-7-8-12-29(28)34-40-42-43-41-34)24-52-36(47)38-30(22-25-9-5-4-6-10-25)35(46)51-20-18-50-19-21-53-45(48)49/h4-12,14-17,30,48-49H,2-3,13,18-24H2,1H3,(H,38,47)(H,40,41,42,43). The lowest BCUT2D eigenvalue weighted by Gasteiger charge is -2.18. The highest BCUT2D eigenvalue weighted by Gasteiger charge is 2.25. The van der Waals surface area contributed by atoms with Crippen molar-refractivity contribution in [2.75, 3.05) is 26.4 Å². The highest BCUT2D eigenvalue weighted by molar-refractivity contribution is 6.30. The summed E-state index contributed by atoms with van der Waals surface area (Å²) < 4.78 is 18.2. The van der Waals surface area contributed by atoms with Gasteiger partial charge in [-0.25, -0.2) is 24.5 Å². The van der Waals surface area contributed by atoms with E-state index in [4.69, 9.17) is 36.2 Å². The summed E-state index contributed by atoms with van der Waals surface area (Å²) in [5.41, 5.74) is 5.14. The van der Waals surface area contributed by atoms with Crippen LogP contribution in [0, 0.1) is 0 Å². The zero-order chi connectivity index (χ0) is 37.4. The van der Waals surface area contributed by atoms with Crippen molar-refractivity contribution in [2.45, 2.75) is 51.8 Å². The van der Waals surface area contributed by atoms with Gasteiger partial charge in [-0.3, -0.25) is 10.4 Å². The second-order valence-corrected chi connectivity index (χ2v) is 12.1. The molecule has 2 aromatic heterocycles. The number of hydrogen-bond acceptors (Lipinski definition) is 13. The number of rotatable bonds is 20. The average molecular weight is 749 g/mol. The molecule has 2 heterocycles. The number of ether oxygens (including phenoxy) is 3. The first-order chi connectivity index (χ1) is 25.8. The van der Waals surface area contributed by atoms with E-state index in [1.807, 2.05) is 83.4 Å². The first kappa shape index (κ1) is 39.0. The molecule has 5 aromatic rings. The Morgan fingerprint density at radius 1 is 0.925 bits per heavy atom. The zero-order valence-corrected chi connectivity index (χ0v) is 29.8. The highest BCUT2D eigenvalue weighted by Crippen LogP contribution is 2.30. The van der Waals surface area contributed by atoms with Crippen LogP contribution in [0.5, 0.6) is 0 Å². The Morgan fingerprint density at radius 3 is 2.38 bits per heavy atom. The highest BCUT2D eigenvalue weighted by atomic mass is 35.5. The Balaban J connectivity index is 1.25. The number of alkyl carbamates (subject to hydrolysis) is 1. The molecule has 0 bridgehead atoms. The molecule has 0 spiro atoms. The third-order valence-corrected chi connectivity index (χ3v) is 8.40. The van der Waals surface area contributed by atoms with Gasteiger partial charge >= 0.3 is 12.1 Å². The van der Waals surface area contributed by atoms with Crippen molar-refractivity contribution in [1.82, 2.24) is 40.9 Å². The smallest absolute Gasteiger partial charge is 0.408 e. The van der Waals surface area contributed by atoms with Crippen LogP contribution in [0.25, 0.3) is 22.5 Å². The van der Waals surface area contributed by atoms with Crippen LogP contribution in [0.1, 0.15) is 42.4 Å². The van der Waals surface area contributed by atoms with Crippen molar-refractivity contribution < 1.29 is 39.1 Å². The minimum atomic E-state index is -1.06. The fourth-order valence-corrected chi connectivity index (χ4v) is 5.74. The first-order valence-electron chi connectivity index (χ1n) is 17.0. The maximum absolute atomic E-state index is 13.2. The number of carbonyl (C=O) groups is 2. The minimum Gasteiger partial charge on any atom is -0.462 e. The fourth-order valence-electron chi connectivity index (χ4n) is 5.48. The minimum absolute atomic E-state index is 0.0215. The molecule has 1 atom stereocenters. The van der Waals surface area contributed by atoms with Gasteiger partial charge in [0.15, 0.2) is 11.0 Å². The molecule has 1 unspecified atom stereocenters. The molecule has 0 saturated heterocycles. The molecule has 0 fully saturated rings. The van der Waals surface area contributed by atoms with Gasteiger partial charge in [0.2, 0.25) is 0 Å². The molecule has 0 aliphatic heterocycles. The Labute approximate surface area is 310 Å². The SMILES string of the molecule is CCCCc1nc(Cl)c(COC(=O)NC(Cc2ccccc2)C(=O)OCCOCCON(O)O)n1Cc1ccc(-c2ccccc2-c2nnn[nH]2)cc1. The zero-order valence-electron chi connectivity index (χ0n) is 29.1. The van der Waals surface area contributed by atoms with Crippen LogP contribution in [0.4, 0.5) is 4.79 Å². The van der Waals surface area contributed by atoms with E-state index >= 15 is 0 Å². The number of aryl methyl sites for hydroxylation is 1. The van der Waals surface area contributed by atoms with Crippen LogP contribution in [0.15, 0.2) is 78.9 Å². The number of nitrogens with zero attached hydrogens (tertiary/aromatic N) is 6. The maximum atomic E-state index is 13.2. The number of H-pyrrole nitrogens is 1. The van der Waals surface area contributed by atoms with E-state index in [2.05, 4.69) is 42.7 Å². The predicted molar refractivity (Wildman–Crippen MR) is 190 cm³/mol.